The van der Waals surface area contributed by atoms with Crippen molar-refractivity contribution in [2.45, 2.75) is 39.2 Å². The Morgan fingerprint density at radius 1 is 1.29 bits per heavy atom. The standard InChI is InChI=1S/C17H23Cl2NO3S/c1-4-20(13-7-8-24(22,23)10-13)17(21)16(11(2)3)12-5-6-14(18)15(19)9-12/h5-6,9,11,13,16H,4,7-8,10H2,1-3H3. The number of carbonyl (C=O) groups excluding carboxylic acids is 1. The van der Waals surface area contributed by atoms with Crippen molar-refractivity contribution in [1.82, 2.24) is 4.90 Å². The van der Waals surface area contributed by atoms with Gasteiger partial charge in [0.25, 0.3) is 0 Å². The molecule has 7 heteroatoms. The van der Waals surface area contributed by atoms with E-state index in [1.165, 1.54) is 0 Å². The van der Waals surface area contributed by atoms with Crippen LogP contribution in [0.15, 0.2) is 18.2 Å². The molecule has 1 heterocycles. The lowest BCUT2D eigenvalue weighted by Gasteiger charge is -2.32. The molecule has 1 amide bonds. The summed E-state index contributed by atoms with van der Waals surface area (Å²) in [6, 6.07) is 5.00. The lowest BCUT2D eigenvalue weighted by Crippen LogP contribution is -2.44. The van der Waals surface area contributed by atoms with E-state index in [-0.39, 0.29) is 35.3 Å². The maximum atomic E-state index is 13.2. The fourth-order valence-electron chi connectivity index (χ4n) is 3.31. The summed E-state index contributed by atoms with van der Waals surface area (Å²) in [6.07, 6.45) is 0.508. The molecule has 0 aliphatic carbocycles. The third-order valence-corrected chi connectivity index (χ3v) is 7.00. The Labute approximate surface area is 154 Å². The summed E-state index contributed by atoms with van der Waals surface area (Å²) in [5, 5.41) is 0.865. The average Bonchev–Trinajstić information content (AvgIpc) is 2.83. The summed E-state index contributed by atoms with van der Waals surface area (Å²) in [7, 11) is -3.04. The van der Waals surface area contributed by atoms with Gasteiger partial charge in [0.05, 0.1) is 27.5 Å². The van der Waals surface area contributed by atoms with Crippen LogP contribution in [-0.4, -0.2) is 43.3 Å². The minimum atomic E-state index is -3.04. The van der Waals surface area contributed by atoms with Crippen LogP contribution in [0.4, 0.5) is 0 Å². The average molecular weight is 392 g/mol. The highest BCUT2D eigenvalue weighted by atomic mass is 35.5. The van der Waals surface area contributed by atoms with Gasteiger partial charge in [-0.3, -0.25) is 4.79 Å². The molecule has 4 nitrogen and oxygen atoms in total. The first-order chi connectivity index (χ1) is 11.2. The van der Waals surface area contributed by atoms with Crippen LogP contribution in [0.25, 0.3) is 0 Å². The third kappa shape index (κ3) is 4.24. The zero-order valence-electron chi connectivity index (χ0n) is 14.1. The number of halogens is 2. The molecule has 0 radical (unpaired) electrons. The van der Waals surface area contributed by atoms with Gasteiger partial charge in [-0.25, -0.2) is 8.42 Å². The Morgan fingerprint density at radius 2 is 1.96 bits per heavy atom. The van der Waals surface area contributed by atoms with Crippen molar-refractivity contribution in [3.05, 3.63) is 33.8 Å². The Kier molecular flexibility index (Phi) is 6.21. The molecule has 1 aromatic rings. The summed E-state index contributed by atoms with van der Waals surface area (Å²) in [5.41, 5.74) is 0.809. The van der Waals surface area contributed by atoms with E-state index in [1.54, 1.807) is 17.0 Å². The number of rotatable bonds is 5. The highest BCUT2D eigenvalue weighted by Gasteiger charge is 2.37. The number of amides is 1. The van der Waals surface area contributed by atoms with E-state index in [4.69, 9.17) is 23.2 Å². The number of nitrogens with zero attached hydrogens (tertiary/aromatic N) is 1. The number of hydrogen-bond acceptors (Lipinski definition) is 3. The Hall–Kier alpha value is -0.780. The molecule has 1 fully saturated rings. The molecular formula is C17H23Cl2NO3S. The van der Waals surface area contributed by atoms with E-state index in [1.807, 2.05) is 26.8 Å². The zero-order chi connectivity index (χ0) is 18.1. The number of likely N-dealkylation sites (N-methyl/N-ethyl adjacent to an activating group) is 1. The molecule has 0 aromatic heterocycles. The monoisotopic (exact) mass is 391 g/mol. The maximum Gasteiger partial charge on any atom is 0.230 e. The van der Waals surface area contributed by atoms with E-state index >= 15 is 0 Å². The molecule has 1 aromatic carbocycles. The quantitative estimate of drug-likeness (QED) is 0.767. The van der Waals surface area contributed by atoms with E-state index in [0.717, 1.165) is 5.56 Å². The lowest BCUT2D eigenvalue weighted by atomic mass is 9.86. The minimum absolute atomic E-state index is 0.0482. The van der Waals surface area contributed by atoms with Crippen LogP contribution in [-0.2, 0) is 14.6 Å². The summed E-state index contributed by atoms with van der Waals surface area (Å²) >= 11 is 12.1. The fraction of sp³-hybridized carbons (Fsp3) is 0.588. The summed E-state index contributed by atoms with van der Waals surface area (Å²) < 4.78 is 23.5. The van der Waals surface area contributed by atoms with Gasteiger partial charge in [0, 0.05) is 12.6 Å². The molecule has 2 unspecified atom stereocenters. The third-order valence-electron chi connectivity index (χ3n) is 4.51. The van der Waals surface area contributed by atoms with Gasteiger partial charge in [-0.05, 0) is 37.0 Å². The Bertz CT molecular complexity index is 719. The summed E-state index contributed by atoms with van der Waals surface area (Å²) in [6.45, 7) is 6.33. The Morgan fingerprint density at radius 3 is 2.42 bits per heavy atom. The second-order valence-corrected chi connectivity index (χ2v) is 9.62. The van der Waals surface area contributed by atoms with E-state index in [0.29, 0.717) is 23.0 Å². The molecule has 1 saturated heterocycles. The van der Waals surface area contributed by atoms with Gasteiger partial charge in [-0.1, -0.05) is 43.1 Å². The molecule has 134 valence electrons. The van der Waals surface area contributed by atoms with Crippen LogP contribution in [0.1, 0.15) is 38.7 Å². The topological polar surface area (TPSA) is 54.5 Å². The van der Waals surface area contributed by atoms with Crippen molar-refractivity contribution in [2.24, 2.45) is 5.92 Å². The molecular weight excluding hydrogens is 369 g/mol. The molecule has 1 aliphatic heterocycles. The first kappa shape index (κ1) is 19.5. The molecule has 2 atom stereocenters. The zero-order valence-corrected chi connectivity index (χ0v) is 16.5. The van der Waals surface area contributed by atoms with Crippen molar-refractivity contribution >= 4 is 38.9 Å². The van der Waals surface area contributed by atoms with Gasteiger partial charge in [-0.2, -0.15) is 0 Å². The normalized spacial score (nSPS) is 21.0. The fourth-order valence-corrected chi connectivity index (χ4v) is 5.35. The summed E-state index contributed by atoms with van der Waals surface area (Å²) in [5.74, 6) is -0.155. The molecule has 0 saturated carbocycles. The van der Waals surface area contributed by atoms with Crippen LogP contribution in [0.2, 0.25) is 10.0 Å². The smallest absolute Gasteiger partial charge is 0.230 e. The van der Waals surface area contributed by atoms with Crippen molar-refractivity contribution in [3.8, 4) is 0 Å². The predicted octanol–water partition coefficient (Wildman–Crippen LogP) is 3.77. The van der Waals surface area contributed by atoms with Gasteiger partial charge in [0.1, 0.15) is 0 Å². The lowest BCUT2D eigenvalue weighted by molar-refractivity contribution is -0.135. The first-order valence-electron chi connectivity index (χ1n) is 8.12. The minimum Gasteiger partial charge on any atom is -0.338 e. The molecule has 24 heavy (non-hydrogen) atoms. The second kappa shape index (κ2) is 7.63. The second-order valence-electron chi connectivity index (χ2n) is 6.58. The molecule has 2 rings (SSSR count). The van der Waals surface area contributed by atoms with E-state index in [2.05, 4.69) is 0 Å². The van der Waals surface area contributed by atoms with Crippen LogP contribution in [0.3, 0.4) is 0 Å². The maximum absolute atomic E-state index is 13.2. The van der Waals surface area contributed by atoms with Crippen molar-refractivity contribution in [3.63, 3.8) is 0 Å². The molecule has 1 aliphatic rings. The van der Waals surface area contributed by atoms with Crippen LogP contribution >= 0.6 is 23.2 Å². The largest absolute Gasteiger partial charge is 0.338 e. The predicted molar refractivity (Wildman–Crippen MR) is 98.5 cm³/mol. The SMILES string of the molecule is CCN(C(=O)C(c1ccc(Cl)c(Cl)c1)C(C)C)C1CCS(=O)(=O)C1. The molecule has 0 N–H and O–H groups in total. The van der Waals surface area contributed by atoms with E-state index < -0.39 is 9.84 Å². The number of hydrogen-bond donors (Lipinski definition) is 0. The number of benzene rings is 1. The van der Waals surface area contributed by atoms with E-state index in [9.17, 15) is 13.2 Å². The van der Waals surface area contributed by atoms with Gasteiger partial charge < -0.3 is 4.90 Å². The first-order valence-corrected chi connectivity index (χ1v) is 10.7. The highest BCUT2D eigenvalue weighted by Crippen LogP contribution is 2.33. The Balaban J connectivity index is 2.32. The highest BCUT2D eigenvalue weighted by molar-refractivity contribution is 7.91. The van der Waals surface area contributed by atoms with Crippen molar-refractivity contribution in [1.29, 1.82) is 0 Å². The van der Waals surface area contributed by atoms with Gasteiger partial charge in [0.15, 0.2) is 9.84 Å². The van der Waals surface area contributed by atoms with Gasteiger partial charge in [-0.15, -0.1) is 0 Å². The summed E-state index contributed by atoms with van der Waals surface area (Å²) in [4.78, 5) is 14.9. The molecule has 0 spiro atoms. The van der Waals surface area contributed by atoms with Crippen molar-refractivity contribution < 1.29 is 13.2 Å². The van der Waals surface area contributed by atoms with Crippen LogP contribution in [0.5, 0.6) is 0 Å². The number of carbonyl (C=O) groups is 1. The van der Waals surface area contributed by atoms with Crippen LogP contribution in [0, 0.1) is 5.92 Å². The number of sulfone groups is 1. The molecule has 0 bridgehead atoms. The van der Waals surface area contributed by atoms with Crippen molar-refractivity contribution in [2.75, 3.05) is 18.1 Å². The van der Waals surface area contributed by atoms with Crippen LogP contribution < -0.4 is 0 Å². The van der Waals surface area contributed by atoms with Gasteiger partial charge >= 0.3 is 0 Å². The van der Waals surface area contributed by atoms with Gasteiger partial charge in [0.2, 0.25) is 5.91 Å².